The Balaban J connectivity index is 1.60. The Labute approximate surface area is 130 Å². The lowest BCUT2D eigenvalue weighted by atomic mass is 9.98. The average molecular weight is 308 g/mol. The predicted octanol–water partition coefficient (Wildman–Crippen LogP) is 2.54. The van der Waals surface area contributed by atoms with E-state index in [0.717, 1.165) is 24.1 Å². The molecule has 0 aliphatic carbocycles. The van der Waals surface area contributed by atoms with Gasteiger partial charge in [0.1, 0.15) is 0 Å². The Morgan fingerprint density at radius 3 is 2.67 bits per heavy atom. The van der Waals surface area contributed by atoms with E-state index in [9.17, 15) is 4.79 Å². The van der Waals surface area contributed by atoms with Gasteiger partial charge in [0.15, 0.2) is 0 Å². The molecule has 2 bridgehead atoms. The molecule has 2 saturated heterocycles. The second-order valence-electron chi connectivity index (χ2n) is 6.30. The minimum atomic E-state index is 0.0299. The van der Waals surface area contributed by atoms with Crippen molar-refractivity contribution < 1.29 is 4.79 Å². The van der Waals surface area contributed by atoms with Crippen LogP contribution in [0.25, 0.3) is 0 Å². The molecule has 2 heterocycles. The standard InChI is InChI=1S/C16H22ClN3O/c1-10-2-3-12(8-15(10)17)19-16(21)9-20-13-4-5-14(20)7-11(18)6-13/h2-3,8,11,13-14H,4-7,9,18H2,1H3,(H,19,21). The van der Waals surface area contributed by atoms with E-state index in [2.05, 4.69) is 10.2 Å². The molecule has 2 aliphatic heterocycles. The fourth-order valence-corrected chi connectivity index (χ4v) is 3.79. The molecule has 2 atom stereocenters. The normalized spacial score (nSPS) is 28.6. The lowest BCUT2D eigenvalue weighted by Gasteiger charge is -2.37. The van der Waals surface area contributed by atoms with Crippen LogP contribution in [-0.4, -0.2) is 35.5 Å². The van der Waals surface area contributed by atoms with Crippen molar-refractivity contribution in [1.29, 1.82) is 0 Å². The lowest BCUT2D eigenvalue weighted by molar-refractivity contribution is -0.118. The topological polar surface area (TPSA) is 58.4 Å². The van der Waals surface area contributed by atoms with Gasteiger partial charge in [-0.3, -0.25) is 9.69 Å². The smallest absolute Gasteiger partial charge is 0.238 e. The van der Waals surface area contributed by atoms with Gasteiger partial charge >= 0.3 is 0 Å². The number of aryl methyl sites for hydroxylation is 1. The summed E-state index contributed by atoms with van der Waals surface area (Å²) in [6.07, 6.45) is 4.37. The summed E-state index contributed by atoms with van der Waals surface area (Å²) in [4.78, 5) is 14.6. The number of nitrogens with zero attached hydrogens (tertiary/aromatic N) is 1. The van der Waals surface area contributed by atoms with E-state index in [1.165, 1.54) is 12.8 Å². The van der Waals surface area contributed by atoms with Crippen LogP contribution in [0.4, 0.5) is 5.69 Å². The van der Waals surface area contributed by atoms with Crippen LogP contribution in [0, 0.1) is 6.92 Å². The Hall–Kier alpha value is -1.10. The van der Waals surface area contributed by atoms with Gasteiger partial charge in [0.25, 0.3) is 0 Å². The maximum Gasteiger partial charge on any atom is 0.238 e. The van der Waals surface area contributed by atoms with E-state index < -0.39 is 0 Å². The minimum absolute atomic E-state index is 0.0299. The number of nitrogens with two attached hydrogens (primary N) is 1. The Kier molecular flexibility index (Phi) is 4.20. The SMILES string of the molecule is Cc1ccc(NC(=O)CN2C3CCC2CC(N)C3)cc1Cl. The summed E-state index contributed by atoms with van der Waals surface area (Å²) in [6.45, 7) is 2.40. The second kappa shape index (κ2) is 5.95. The number of amides is 1. The molecule has 1 aromatic rings. The first-order valence-corrected chi connectivity index (χ1v) is 7.98. The maximum absolute atomic E-state index is 12.3. The van der Waals surface area contributed by atoms with E-state index in [-0.39, 0.29) is 5.91 Å². The van der Waals surface area contributed by atoms with Crippen LogP contribution < -0.4 is 11.1 Å². The molecular formula is C16H22ClN3O. The molecule has 2 fully saturated rings. The predicted molar refractivity (Wildman–Crippen MR) is 85.5 cm³/mol. The van der Waals surface area contributed by atoms with Crippen LogP contribution >= 0.6 is 11.6 Å². The van der Waals surface area contributed by atoms with Crippen molar-refractivity contribution in [3.05, 3.63) is 28.8 Å². The molecule has 1 aromatic carbocycles. The minimum Gasteiger partial charge on any atom is -0.328 e. The highest BCUT2D eigenvalue weighted by molar-refractivity contribution is 6.31. The van der Waals surface area contributed by atoms with Gasteiger partial charge in [0, 0.05) is 28.8 Å². The summed E-state index contributed by atoms with van der Waals surface area (Å²) in [5.74, 6) is 0.0299. The first-order chi connectivity index (χ1) is 10.0. The number of rotatable bonds is 3. The lowest BCUT2D eigenvalue weighted by Crippen LogP contribution is -2.49. The Morgan fingerprint density at radius 1 is 1.38 bits per heavy atom. The van der Waals surface area contributed by atoms with Gasteiger partial charge in [-0.1, -0.05) is 17.7 Å². The molecular weight excluding hydrogens is 286 g/mol. The molecule has 3 N–H and O–H groups in total. The quantitative estimate of drug-likeness (QED) is 0.902. The highest BCUT2D eigenvalue weighted by atomic mass is 35.5. The third-order valence-corrected chi connectivity index (χ3v) is 5.11. The van der Waals surface area contributed by atoms with Crippen LogP contribution in [0.15, 0.2) is 18.2 Å². The third-order valence-electron chi connectivity index (χ3n) is 4.70. The summed E-state index contributed by atoms with van der Waals surface area (Å²) in [7, 11) is 0. The molecule has 3 rings (SSSR count). The summed E-state index contributed by atoms with van der Waals surface area (Å²) in [6, 6.07) is 6.87. The second-order valence-corrected chi connectivity index (χ2v) is 6.71. The number of hydrogen-bond donors (Lipinski definition) is 2. The van der Waals surface area contributed by atoms with Crippen molar-refractivity contribution in [2.75, 3.05) is 11.9 Å². The zero-order valence-corrected chi connectivity index (χ0v) is 13.1. The van der Waals surface area contributed by atoms with E-state index in [1.807, 2.05) is 19.1 Å². The van der Waals surface area contributed by atoms with E-state index in [4.69, 9.17) is 17.3 Å². The van der Waals surface area contributed by atoms with Crippen molar-refractivity contribution in [3.63, 3.8) is 0 Å². The number of hydrogen-bond acceptors (Lipinski definition) is 3. The zero-order chi connectivity index (χ0) is 15.0. The largest absolute Gasteiger partial charge is 0.328 e. The van der Waals surface area contributed by atoms with Gasteiger partial charge in [-0.2, -0.15) is 0 Å². The van der Waals surface area contributed by atoms with Crippen molar-refractivity contribution >= 4 is 23.2 Å². The first-order valence-electron chi connectivity index (χ1n) is 7.60. The van der Waals surface area contributed by atoms with Crippen molar-refractivity contribution in [2.45, 2.75) is 50.7 Å². The van der Waals surface area contributed by atoms with Gasteiger partial charge in [0.05, 0.1) is 6.54 Å². The van der Waals surface area contributed by atoms with Crippen molar-refractivity contribution in [2.24, 2.45) is 5.73 Å². The van der Waals surface area contributed by atoms with E-state index >= 15 is 0 Å². The molecule has 0 saturated carbocycles. The summed E-state index contributed by atoms with van der Waals surface area (Å²) < 4.78 is 0. The van der Waals surface area contributed by atoms with Crippen molar-refractivity contribution in [3.8, 4) is 0 Å². The first kappa shape index (κ1) is 14.8. The third kappa shape index (κ3) is 3.23. The highest BCUT2D eigenvalue weighted by Gasteiger charge is 2.40. The Morgan fingerprint density at radius 2 is 2.05 bits per heavy atom. The summed E-state index contributed by atoms with van der Waals surface area (Å²) in [5.41, 5.74) is 7.83. The number of nitrogens with one attached hydrogen (secondary N) is 1. The number of anilines is 1. The molecule has 1 amide bonds. The van der Waals surface area contributed by atoms with Crippen LogP contribution in [0.2, 0.25) is 5.02 Å². The molecule has 0 aromatic heterocycles. The number of carbonyl (C=O) groups excluding carboxylic acids is 1. The van der Waals surface area contributed by atoms with E-state index in [1.54, 1.807) is 6.07 Å². The number of carbonyl (C=O) groups is 1. The highest BCUT2D eigenvalue weighted by Crippen LogP contribution is 2.34. The van der Waals surface area contributed by atoms with Gasteiger partial charge in [-0.15, -0.1) is 0 Å². The molecule has 4 nitrogen and oxygen atoms in total. The van der Waals surface area contributed by atoms with E-state index in [0.29, 0.717) is 29.7 Å². The van der Waals surface area contributed by atoms with Gasteiger partial charge in [0.2, 0.25) is 5.91 Å². The van der Waals surface area contributed by atoms with Crippen LogP contribution in [0.5, 0.6) is 0 Å². The molecule has 114 valence electrons. The zero-order valence-electron chi connectivity index (χ0n) is 12.3. The number of piperidine rings is 1. The average Bonchev–Trinajstić information content (AvgIpc) is 2.67. The van der Waals surface area contributed by atoms with Gasteiger partial charge in [-0.25, -0.2) is 0 Å². The number of halogens is 1. The fraction of sp³-hybridized carbons (Fsp3) is 0.562. The number of fused-ring (bicyclic) bond motifs is 2. The molecule has 0 radical (unpaired) electrons. The molecule has 2 unspecified atom stereocenters. The number of benzene rings is 1. The van der Waals surface area contributed by atoms with Gasteiger partial charge < -0.3 is 11.1 Å². The summed E-state index contributed by atoms with van der Waals surface area (Å²) >= 11 is 6.09. The fourth-order valence-electron chi connectivity index (χ4n) is 3.61. The van der Waals surface area contributed by atoms with Crippen LogP contribution in [0.3, 0.4) is 0 Å². The van der Waals surface area contributed by atoms with Crippen LogP contribution in [-0.2, 0) is 4.79 Å². The molecule has 2 aliphatic rings. The monoisotopic (exact) mass is 307 g/mol. The Bertz CT molecular complexity index is 534. The molecule has 5 heteroatoms. The molecule has 0 spiro atoms. The van der Waals surface area contributed by atoms with Gasteiger partial charge in [-0.05, 0) is 50.3 Å². The van der Waals surface area contributed by atoms with Crippen molar-refractivity contribution in [1.82, 2.24) is 4.90 Å². The summed E-state index contributed by atoms with van der Waals surface area (Å²) in [5, 5.41) is 3.62. The maximum atomic E-state index is 12.3. The molecule has 21 heavy (non-hydrogen) atoms. The van der Waals surface area contributed by atoms with Crippen LogP contribution in [0.1, 0.15) is 31.2 Å².